The molecule has 0 amide bonds. The number of hydrogen-bond donors (Lipinski definition) is 2. The van der Waals surface area contributed by atoms with Crippen molar-refractivity contribution >= 4 is 28.9 Å². The van der Waals surface area contributed by atoms with E-state index in [1.807, 2.05) is 0 Å². The van der Waals surface area contributed by atoms with Gasteiger partial charge in [0.15, 0.2) is 41.5 Å². The van der Waals surface area contributed by atoms with Crippen LogP contribution in [0, 0.1) is 0 Å². The Labute approximate surface area is 157 Å². The molecule has 4 unspecified atom stereocenters. The first-order valence-electron chi connectivity index (χ1n) is 8.48. The zero-order valence-electron chi connectivity index (χ0n) is 14.3. The second kappa shape index (κ2) is 6.64. The molecule has 4 rings (SSSR count). The molecule has 0 aromatic carbocycles. The Balaban J connectivity index is 1.58. The van der Waals surface area contributed by atoms with E-state index in [9.17, 15) is 34.2 Å². The number of carbonyl (C=O) groups excluding carboxylic acids is 5. The molecule has 0 fully saturated rings. The first kappa shape index (κ1) is 18.5. The third-order valence-electron chi connectivity index (χ3n) is 5.04. The summed E-state index contributed by atoms with van der Waals surface area (Å²) in [6.45, 7) is 0. The van der Waals surface area contributed by atoms with E-state index in [0.29, 0.717) is 0 Å². The molecular formula is C19H14O9. The van der Waals surface area contributed by atoms with E-state index in [-0.39, 0.29) is 35.1 Å². The number of ketones is 5. The molecule has 28 heavy (non-hydrogen) atoms. The Hall–Kier alpha value is -2.85. The predicted molar refractivity (Wildman–Crippen MR) is 88.4 cm³/mol. The molecular weight excluding hydrogens is 372 g/mol. The lowest BCUT2D eigenvalue weighted by Gasteiger charge is -2.35. The van der Waals surface area contributed by atoms with Crippen LogP contribution in [0.2, 0.25) is 0 Å². The Morgan fingerprint density at radius 2 is 1.07 bits per heavy atom. The zero-order valence-corrected chi connectivity index (χ0v) is 14.3. The van der Waals surface area contributed by atoms with Gasteiger partial charge in [-0.2, -0.15) is 0 Å². The van der Waals surface area contributed by atoms with Crippen molar-refractivity contribution in [1.82, 2.24) is 0 Å². The number of ether oxygens (including phenoxy) is 2. The second-order valence-corrected chi connectivity index (χ2v) is 6.67. The van der Waals surface area contributed by atoms with Gasteiger partial charge in [0, 0.05) is 24.0 Å². The molecule has 0 bridgehead atoms. The summed E-state index contributed by atoms with van der Waals surface area (Å²) in [5, 5.41) is 20.2. The van der Waals surface area contributed by atoms with E-state index in [4.69, 9.17) is 9.47 Å². The van der Waals surface area contributed by atoms with Crippen LogP contribution in [-0.2, 0) is 33.4 Å². The number of carbonyl (C=O) groups is 5. The molecule has 0 saturated heterocycles. The van der Waals surface area contributed by atoms with E-state index in [0.717, 1.165) is 24.3 Å². The van der Waals surface area contributed by atoms with Gasteiger partial charge >= 0.3 is 0 Å². The maximum atomic E-state index is 12.8. The number of rotatable bonds is 2. The highest BCUT2D eigenvalue weighted by Crippen LogP contribution is 2.34. The maximum Gasteiger partial charge on any atom is 0.191 e. The predicted octanol–water partition coefficient (Wildman–Crippen LogP) is -1.22. The first-order chi connectivity index (χ1) is 13.3. The molecule has 0 spiro atoms. The van der Waals surface area contributed by atoms with Crippen LogP contribution in [-0.4, -0.2) is 63.9 Å². The van der Waals surface area contributed by atoms with Gasteiger partial charge in [-0.25, -0.2) is 0 Å². The number of hydrogen-bond acceptors (Lipinski definition) is 9. The van der Waals surface area contributed by atoms with Crippen LogP contribution >= 0.6 is 0 Å². The lowest BCUT2D eigenvalue weighted by Crippen LogP contribution is -2.47. The highest BCUT2D eigenvalue weighted by molar-refractivity contribution is 6.22. The molecule has 0 radical (unpaired) electrons. The second-order valence-electron chi connectivity index (χ2n) is 6.67. The van der Waals surface area contributed by atoms with Crippen LogP contribution in [0.1, 0.15) is 12.8 Å². The molecule has 0 aromatic rings. The Morgan fingerprint density at radius 1 is 0.714 bits per heavy atom. The minimum absolute atomic E-state index is 0.0206. The van der Waals surface area contributed by atoms with Crippen molar-refractivity contribution < 1.29 is 43.7 Å². The quantitative estimate of drug-likeness (QED) is 0.558. The van der Waals surface area contributed by atoms with Crippen LogP contribution in [0.5, 0.6) is 0 Å². The Kier molecular flexibility index (Phi) is 4.39. The van der Waals surface area contributed by atoms with Gasteiger partial charge in [0.05, 0.1) is 11.1 Å². The van der Waals surface area contributed by atoms with Gasteiger partial charge < -0.3 is 19.7 Å². The van der Waals surface area contributed by atoms with Crippen LogP contribution < -0.4 is 0 Å². The minimum atomic E-state index is -1.76. The van der Waals surface area contributed by atoms with Gasteiger partial charge in [-0.15, -0.1) is 0 Å². The zero-order chi connectivity index (χ0) is 20.2. The van der Waals surface area contributed by atoms with Gasteiger partial charge in [-0.05, 0) is 24.3 Å². The largest absolute Gasteiger partial charge is 0.364 e. The highest BCUT2D eigenvalue weighted by Gasteiger charge is 2.44. The molecule has 9 nitrogen and oxygen atoms in total. The molecule has 2 heterocycles. The number of Topliss-reactive ketones (excluding diaryl/α,β-unsaturated/α-hetero) is 1. The summed E-state index contributed by atoms with van der Waals surface area (Å²) in [4.78, 5) is 60.6. The molecule has 144 valence electrons. The van der Waals surface area contributed by atoms with Gasteiger partial charge in [0.1, 0.15) is 12.2 Å². The van der Waals surface area contributed by atoms with Crippen LogP contribution in [0.25, 0.3) is 0 Å². The first-order valence-corrected chi connectivity index (χ1v) is 8.48. The van der Waals surface area contributed by atoms with Crippen molar-refractivity contribution in [3.8, 4) is 0 Å². The molecule has 0 saturated carbocycles. The fourth-order valence-electron chi connectivity index (χ4n) is 3.67. The van der Waals surface area contributed by atoms with E-state index < -0.39 is 53.7 Å². The lowest BCUT2D eigenvalue weighted by molar-refractivity contribution is -0.178. The van der Waals surface area contributed by atoms with Crippen molar-refractivity contribution in [2.24, 2.45) is 0 Å². The van der Waals surface area contributed by atoms with E-state index >= 15 is 0 Å². The fraction of sp³-hybridized carbons (Fsp3) is 0.316. The topological polar surface area (TPSA) is 144 Å². The van der Waals surface area contributed by atoms with Crippen molar-refractivity contribution in [3.63, 3.8) is 0 Å². The molecule has 0 aromatic heterocycles. The summed E-state index contributed by atoms with van der Waals surface area (Å²) in [6, 6.07) is 0. The number of aliphatic hydroxyl groups is 2. The average Bonchev–Trinajstić information content (AvgIpc) is 2.66. The fourth-order valence-corrected chi connectivity index (χ4v) is 3.67. The monoisotopic (exact) mass is 386 g/mol. The maximum absolute atomic E-state index is 12.8. The summed E-state index contributed by atoms with van der Waals surface area (Å²) in [5.74, 6) is -2.90. The van der Waals surface area contributed by atoms with Gasteiger partial charge in [0.25, 0.3) is 0 Å². The van der Waals surface area contributed by atoms with Gasteiger partial charge in [-0.1, -0.05) is 0 Å². The summed E-state index contributed by atoms with van der Waals surface area (Å²) in [5.41, 5.74) is -0.450. The average molecular weight is 386 g/mol. The number of allylic oxidation sites excluding steroid dienone is 4. The van der Waals surface area contributed by atoms with Gasteiger partial charge in [-0.3, -0.25) is 24.0 Å². The summed E-state index contributed by atoms with van der Waals surface area (Å²) >= 11 is 0. The number of aliphatic hydroxyl groups excluding tert-OH is 2. The van der Waals surface area contributed by atoms with Crippen molar-refractivity contribution in [2.75, 3.05) is 0 Å². The highest BCUT2D eigenvalue weighted by atomic mass is 16.6. The minimum Gasteiger partial charge on any atom is -0.364 e. The van der Waals surface area contributed by atoms with Crippen LogP contribution in [0.15, 0.2) is 46.6 Å². The summed E-state index contributed by atoms with van der Waals surface area (Å²) in [7, 11) is 0. The Morgan fingerprint density at radius 3 is 1.46 bits per heavy atom. The molecule has 4 aliphatic rings. The SMILES string of the molecule is O=C1C=CC(=O)C2=C1CC(C(=O)C1CC3=C(C(=O)C=CC3=O)C(O)O1)OC2O. The molecule has 2 aliphatic heterocycles. The lowest BCUT2D eigenvalue weighted by atomic mass is 9.83. The third-order valence-corrected chi connectivity index (χ3v) is 5.04. The standard InChI is InChI=1S/C19H14O9/c20-9-1-3-11(22)15-7(9)5-13(27-18(15)25)17(24)14-6-8-10(21)2-4-12(23)16(8)19(26)28-14/h1-4,13-14,18-19,25-26H,5-6H2. The van der Waals surface area contributed by atoms with Crippen molar-refractivity contribution in [3.05, 3.63) is 46.6 Å². The van der Waals surface area contributed by atoms with Crippen molar-refractivity contribution in [1.29, 1.82) is 0 Å². The molecule has 2 N–H and O–H groups in total. The summed E-state index contributed by atoms with van der Waals surface area (Å²) < 4.78 is 10.4. The third kappa shape index (κ3) is 2.85. The van der Waals surface area contributed by atoms with E-state index in [1.54, 1.807) is 0 Å². The van der Waals surface area contributed by atoms with Crippen molar-refractivity contribution in [2.45, 2.75) is 37.6 Å². The normalized spacial score (nSPS) is 32.6. The van der Waals surface area contributed by atoms with E-state index in [1.165, 1.54) is 0 Å². The van der Waals surface area contributed by atoms with Gasteiger partial charge in [0.2, 0.25) is 0 Å². The Bertz CT molecular complexity index is 886. The van der Waals surface area contributed by atoms with Crippen LogP contribution in [0.3, 0.4) is 0 Å². The molecule has 9 heteroatoms. The summed E-state index contributed by atoms with van der Waals surface area (Å²) in [6.07, 6.45) is -2.53. The smallest absolute Gasteiger partial charge is 0.191 e. The van der Waals surface area contributed by atoms with E-state index in [2.05, 4.69) is 0 Å². The molecule has 2 aliphatic carbocycles. The van der Waals surface area contributed by atoms with Crippen LogP contribution in [0.4, 0.5) is 0 Å². The molecule has 4 atom stereocenters.